The van der Waals surface area contributed by atoms with Gasteiger partial charge in [0.1, 0.15) is 5.54 Å². The van der Waals surface area contributed by atoms with Crippen LogP contribution in [-0.2, 0) is 0 Å². The van der Waals surface area contributed by atoms with Gasteiger partial charge < -0.3 is 0 Å². The zero-order valence-electron chi connectivity index (χ0n) is 7.13. The number of likely N-dealkylation sites (N-methyl/N-ethyl adjacent to an activating group) is 1. The summed E-state index contributed by atoms with van der Waals surface area (Å²) in [4.78, 5) is 0. The van der Waals surface area contributed by atoms with Crippen molar-refractivity contribution in [3.63, 3.8) is 0 Å². The second-order valence-electron chi connectivity index (χ2n) is 3.52. The normalized spacial score (nSPS) is 32.3. The Labute approximate surface area is 62.1 Å². The van der Waals surface area contributed by atoms with Crippen molar-refractivity contribution in [2.75, 3.05) is 13.6 Å². The summed E-state index contributed by atoms with van der Waals surface area (Å²) in [7, 11) is 1.96. The minimum absolute atomic E-state index is 0.0503. The van der Waals surface area contributed by atoms with E-state index in [4.69, 9.17) is 0 Å². The summed E-state index contributed by atoms with van der Waals surface area (Å²) in [5.74, 6) is 0.571. The van der Waals surface area contributed by atoms with Gasteiger partial charge in [0.15, 0.2) is 0 Å². The summed E-state index contributed by atoms with van der Waals surface area (Å²) < 4.78 is 0. The van der Waals surface area contributed by atoms with Gasteiger partial charge in [-0.3, -0.25) is 5.01 Å². The molecule has 1 unspecified atom stereocenters. The second-order valence-corrected chi connectivity index (χ2v) is 3.52. The smallest absolute Gasteiger partial charge is 0.102 e. The molecule has 3 nitrogen and oxygen atoms in total. The molecule has 0 aromatic rings. The largest absolute Gasteiger partial charge is 0.279 e. The lowest BCUT2D eigenvalue weighted by Crippen LogP contribution is -2.34. The van der Waals surface area contributed by atoms with Crippen LogP contribution in [0.25, 0.3) is 0 Å². The minimum Gasteiger partial charge on any atom is -0.279 e. The first-order chi connectivity index (χ1) is 4.54. The number of nitrogens with zero attached hydrogens (tertiary/aromatic N) is 3. The molecule has 0 amide bonds. The van der Waals surface area contributed by atoms with Crippen molar-refractivity contribution in [2.24, 2.45) is 16.3 Å². The summed E-state index contributed by atoms with van der Waals surface area (Å²) in [5.41, 5.74) is 0.0503. The maximum absolute atomic E-state index is 4.20. The van der Waals surface area contributed by atoms with Crippen molar-refractivity contribution in [1.29, 1.82) is 0 Å². The second kappa shape index (κ2) is 2.22. The van der Waals surface area contributed by atoms with Gasteiger partial charge >= 0.3 is 0 Å². The van der Waals surface area contributed by atoms with Crippen LogP contribution in [-0.4, -0.2) is 24.1 Å². The van der Waals surface area contributed by atoms with Crippen molar-refractivity contribution < 1.29 is 0 Å². The van der Waals surface area contributed by atoms with E-state index in [1.807, 2.05) is 12.1 Å². The van der Waals surface area contributed by atoms with Crippen LogP contribution in [0.1, 0.15) is 20.8 Å². The van der Waals surface area contributed by atoms with Gasteiger partial charge in [-0.15, -0.1) is 0 Å². The van der Waals surface area contributed by atoms with E-state index >= 15 is 0 Å². The van der Waals surface area contributed by atoms with Crippen LogP contribution in [0.15, 0.2) is 10.3 Å². The van der Waals surface area contributed by atoms with Gasteiger partial charge in [-0.05, 0) is 12.8 Å². The Morgan fingerprint density at radius 2 is 2.10 bits per heavy atom. The van der Waals surface area contributed by atoms with E-state index < -0.39 is 0 Å². The molecule has 0 spiro atoms. The van der Waals surface area contributed by atoms with Crippen LogP contribution < -0.4 is 0 Å². The Hall–Kier alpha value is -0.600. The Balaban J connectivity index is 2.65. The topological polar surface area (TPSA) is 28.0 Å². The molecule has 0 radical (unpaired) electrons. The van der Waals surface area contributed by atoms with Crippen LogP contribution in [0.4, 0.5) is 0 Å². The molecule has 0 N–H and O–H groups in total. The zero-order valence-corrected chi connectivity index (χ0v) is 7.13. The molecule has 58 valence electrons. The minimum atomic E-state index is 0.0503. The highest BCUT2D eigenvalue weighted by molar-refractivity contribution is 4.89. The molecule has 1 atom stereocenters. The Morgan fingerprint density at radius 3 is 2.30 bits per heavy atom. The van der Waals surface area contributed by atoms with E-state index in [-0.39, 0.29) is 5.54 Å². The molecule has 1 rings (SSSR count). The van der Waals surface area contributed by atoms with Gasteiger partial charge in [0.05, 0.1) is 6.54 Å². The molecule has 0 aliphatic carbocycles. The van der Waals surface area contributed by atoms with Crippen LogP contribution >= 0.6 is 0 Å². The standard InChI is InChI=1S/C7H15N3/c1-6(2)7(3)5-10(4)9-8-7/h6H,5H2,1-4H3. The lowest BCUT2D eigenvalue weighted by Gasteiger charge is -2.23. The van der Waals surface area contributed by atoms with Crippen molar-refractivity contribution in [3.8, 4) is 0 Å². The van der Waals surface area contributed by atoms with E-state index in [1.165, 1.54) is 0 Å². The molecule has 0 saturated heterocycles. The van der Waals surface area contributed by atoms with Crippen LogP contribution in [0, 0.1) is 5.92 Å². The molecule has 10 heavy (non-hydrogen) atoms. The maximum atomic E-state index is 4.20. The molecule has 1 aliphatic heterocycles. The van der Waals surface area contributed by atoms with Gasteiger partial charge in [-0.2, -0.15) is 5.11 Å². The van der Waals surface area contributed by atoms with Crippen molar-refractivity contribution in [3.05, 3.63) is 0 Å². The van der Waals surface area contributed by atoms with Crippen LogP contribution in [0.5, 0.6) is 0 Å². The molecule has 0 fully saturated rings. The fourth-order valence-electron chi connectivity index (χ4n) is 1.00. The average Bonchev–Trinajstić information content (AvgIpc) is 2.13. The summed E-state index contributed by atoms with van der Waals surface area (Å²) in [6, 6.07) is 0. The SMILES string of the molecule is CC(C)C1(C)CN(C)N=N1. The Kier molecular flexibility index (Phi) is 1.67. The molecule has 0 bridgehead atoms. The number of hydrogen-bond acceptors (Lipinski definition) is 3. The van der Waals surface area contributed by atoms with Crippen molar-refractivity contribution in [1.82, 2.24) is 5.01 Å². The van der Waals surface area contributed by atoms with Gasteiger partial charge in [0.25, 0.3) is 0 Å². The molecule has 1 heterocycles. The summed E-state index contributed by atoms with van der Waals surface area (Å²) in [6.07, 6.45) is 0. The third-order valence-corrected chi connectivity index (χ3v) is 2.22. The highest BCUT2D eigenvalue weighted by Gasteiger charge is 2.33. The van der Waals surface area contributed by atoms with E-state index in [0.29, 0.717) is 5.92 Å². The first kappa shape index (κ1) is 7.51. The first-order valence-electron chi connectivity index (χ1n) is 3.68. The van der Waals surface area contributed by atoms with Gasteiger partial charge in [0.2, 0.25) is 0 Å². The summed E-state index contributed by atoms with van der Waals surface area (Å²) >= 11 is 0. The highest BCUT2D eigenvalue weighted by Crippen LogP contribution is 2.27. The van der Waals surface area contributed by atoms with Crippen LogP contribution in [0.3, 0.4) is 0 Å². The van der Waals surface area contributed by atoms with E-state index in [0.717, 1.165) is 6.54 Å². The van der Waals surface area contributed by atoms with E-state index in [2.05, 4.69) is 31.1 Å². The molecule has 3 heteroatoms. The highest BCUT2D eigenvalue weighted by atomic mass is 15.6. The zero-order chi connectivity index (χ0) is 7.78. The van der Waals surface area contributed by atoms with Crippen molar-refractivity contribution >= 4 is 0 Å². The first-order valence-corrected chi connectivity index (χ1v) is 3.68. The fourth-order valence-corrected chi connectivity index (χ4v) is 1.00. The third kappa shape index (κ3) is 1.13. The van der Waals surface area contributed by atoms with Crippen LogP contribution in [0.2, 0.25) is 0 Å². The number of rotatable bonds is 1. The fraction of sp³-hybridized carbons (Fsp3) is 1.00. The van der Waals surface area contributed by atoms with Gasteiger partial charge in [-0.1, -0.05) is 19.1 Å². The van der Waals surface area contributed by atoms with Gasteiger partial charge in [-0.25, -0.2) is 0 Å². The molecule has 0 saturated carbocycles. The third-order valence-electron chi connectivity index (χ3n) is 2.22. The number of hydrogen-bond donors (Lipinski definition) is 0. The lowest BCUT2D eigenvalue weighted by molar-refractivity contribution is 0.290. The van der Waals surface area contributed by atoms with E-state index in [9.17, 15) is 0 Å². The lowest BCUT2D eigenvalue weighted by atomic mass is 9.90. The molecular weight excluding hydrogens is 126 g/mol. The van der Waals surface area contributed by atoms with Gasteiger partial charge in [0, 0.05) is 7.05 Å². The average molecular weight is 141 g/mol. The quantitative estimate of drug-likeness (QED) is 0.546. The Morgan fingerprint density at radius 1 is 1.50 bits per heavy atom. The predicted molar refractivity (Wildman–Crippen MR) is 40.7 cm³/mol. The molecule has 0 aromatic carbocycles. The molecule has 1 aliphatic rings. The monoisotopic (exact) mass is 141 g/mol. The predicted octanol–water partition coefficient (Wildman–Crippen LogP) is 1.71. The van der Waals surface area contributed by atoms with E-state index in [1.54, 1.807) is 0 Å². The molecular formula is C7H15N3. The summed E-state index contributed by atoms with van der Waals surface area (Å²) in [6.45, 7) is 7.45. The summed E-state index contributed by atoms with van der Waals surface area (Å²) in [5, 5.41) is 10.1. The molecule has 0 aromatic heterocycles. The maximum Gasteiger partial charge on any atom is 0.102 e. The Bertz CT molecular complexity index is 153. The van der Waals surface area contributed by atoms with Crippen molar-refractivity contribution in [2.45, 2.75) is 26.3 Å².